The van der Waals surface area contributed by atoms with Crippen LogP contribution in [-0.2, 0) is 12.6 Å². The largest absolute Gasteiger partial charge is 0.416 e. The maximum Gasteiger partial charge on any atom is 0.416 e. The number of benzene rings is 1. The summed E-state index contributed by atoms with van der Waals surface area (Å²) in [6, 6.07) is 5.42. The summed E-state index contributed by atoms with van der Waals surface area (Å²) in [5, 5.41) is 6.83. The van der Waals surface area contributed by atoms with Crippen molar-refractivity contribution in [1.82, 2.24) is 15.0 Å². The first kappa shape index (κ1) is 22.8. The number of hydrogen-bond donors (Lipinski definition) is 3. The smallest absolute Gasteiger partial charge is 0.399 e. The summed E-state index contributed by atoms with van der Waals surface area (Å²) in [6.07, 6.45) is -2.36. The van der Waals surface area contributed by atoms with Crippen LogP contribution in [0, 0.1) is 0 Å². The Morgan fingerprint density at radius 2 is 1.88 bits per heavy atom. The second-order valence-corrected chi connectivity index (χ2v) is 8.00. The van der Waals surface area contributed by atoms with E-state index in [4.69, 9.17) is 5.73 Å². The van der Waals surface area contributed by atoms with Crippen LogP contribution in [-0.4, -0.2) is 47.8 Å². The van der Waals surface area contributed by atoms with Gasteiger partial charge in [0, 0.05) is 37.8 Å². The Bertz CT molecular complexity index is 1130. The summed E-state index contributed by atoms with van der Waals surface area (Å²) >= 11 is 0. The van der Waals surface area contributed by atoms with Crippen molar-refractivity contribution in [2.45, 2.75) is 31.6 Å². The van der Waals surface area contributed by atoms with E-state index in [1.165, 1.54) is 6.07 Å². The highest BCUT2D eigenvalue weighted by atomic mass is 19.4. The molecule has 0 atom stereocenters. The molecule has 2 aromatic heterocycles. The lowest BCUT2D eigenvalue weighted by Gasteiger charge is -2.29. The van der Waals surface area contributed by atoms with Crippen LogP contribution in [0.5, 0.6) is 0 Å². The van der Waals surface area contributed by atoms with Gasteiger partial charge in [-0.25, -0.2) is 14.4 Å². The number of hydrogen-bond acceptors (Lipinski definition) is 7. The van der Waals surface area contributed by atoms with Crippen molar-refractivity contribution in [2.75, 3.05) is 47.9 Å². The first-order valence-electron chi connectivity index (χ1n) is 10.7. The quantitative estimate of drug-likeness (QED) is 0.372. The standard InChI is InChI=1S/C22H25F4N7/c1-28-21-31-18-12-30-19(33-6-3-15(23)4-7-33)11-17(18)20(32-21)29-5-2-13-8-14(22(24,25)26)10-16(27)9-13/h8-12,15H,2-7,27H2,1H3,(H2,28,29,31,32). The zero-order valence-corrected chi connectivity index (χ0v) is 18.1. The van der Waals surface area contributed by atoms with E-state index < -0.39 is 17.9 Å². The maximum atomic E-state index is 13.5. The second-order valence-electron chi connectivity index (χ2n) is 8.00. The van der Waals surface area contributed by atoms with Crippen LogP contribution in [0.4, 0.5) is 40.8 Å². The van der Waals surface area contributed by atoms with Crippen molar-refractivity contribution in [2.24, 2.45) is 0 Å². The molecule has 7 nitrogen and oxygen atoms in total. The van der Waals surface area contributed by atoms with Crippen molar-refractivity contribution in [3.63, 3.8) is 0 Å². The number of rotatable bonds is 6. The van der Waals surface area contributed by atoms with E-state index in [1.807, 2.05) is 11.0 Å². The molecule has 1 aliphatic rings. The van der Waals surface area contributed by atoms with Crippen LogP contribution >= 0.6 is 0 Å². The van der Waals surface area contributed by atoms with Gasteiger partial charge in [-0.2, -0.15) is 18.2 Å². The number of pyridine rings is 1. The Hall–Kier alpha value is -3.37. The molecule has 176 valence electrons. The summed E-state index contributed by atoms with van der Waals surface area (Å²) in [6.45, 7) is 1.49. The average molecular weight is 463 g/mol. The van der Waals surface area contributed by atoms with Gasteiger partial charge in [0.1, 0.15) is 17.8 Å². The average Bonchev–Trinajstić information content (AvgIpc) is 2.78. The van der Waals surface area contributed by atoms with Gasteiger partial charge >= 0.3 is 6.18 Å². The van der Waals surface area contributed by atoms with Crippen molar-refractivity contribution < 1.29 is 17.6 Å². The fraction of sp³-hybridized carbons (Fsp3) is 0.409. The lowest BCUT2D eigenvalue weighted by molar-refractivity contribution is -0.137. The van der Waals surface area contributed by atoms with Crippen molar-refractivity contribution in [1.29, 1.82) is 0 Å². The predicted molar refractivity (Wildman–Crippen MR) is 121 cm³/mol. The first-order chi connectivity index (χ1) is 15.7. The number of nitrogens with zero attached hydrogens (tertiary/aromatic N) is 4. The Balaban J connectivity index is 1.56. The molecule has 4 rings (SSSR count). The summed E-state index contributed by atoms with van der Waals surface area (Å²) in [5.74, 6) is 1.64. The normalized spacial score (nSPS) is 15.1. The molecule has 0 spiro atoms. The maximum absolute atomic E-state index is 13.5. The number of nitrogen functional groups attached to an aromatic ring is 1. The van der Waals surface area contributed by atoms with Gasteiger partial charge in [-0.1, -0.05) is 0 Å². The van der Waals surface area contributed by atoms with Gasteiger partial charge < -0.3 is 21.3 Å². The lowest BCUT2D eigenvalue weighted by atomic mass is 10.1. The first-order valence-corrected chi connectivity index (χ1v) is 10.7. The van der Waals surface area contributed by atoms with Gasteiger partial charge in [0.25, 0.3) is 0 Å². The molecule has 1 aliphatic heterocycles. The van der Waals surface area contributed by atoms with Gasteiger partial charge in [-0.05, 0) is 49.1 Å². The number of piperidine rings is 1. The van der Waals surface area contributed by atoms with Gasteiger partial charge in [0.05, 0.1) is 17.3 Å². The van der Waals surface area contributed by atoms with Crippen LogP contribution in [0.3, 0.4) is 0 Å². The molecule has 3 aromatic rings. The lowest BCUT2D eigenvalue weighted by Crippen LogP contribution is -2.34. The number of nitrogens with one attached hydrogen (secondary N) is 2. The van der Waals surface area contributed by atoms with Crippen LogP contribution in [0.25, 0.3) is 10.9 Å². The molecular weight excluding hydrogens is 438 g/mol. The predicted octanol–water partition coefficient (Wildman–Crippen LogP) is 4.26. The number of nitrogens with two attached hydrogens (primary N) is 1. The van der Waals surface area contributed by atoms with E-state index in [-0.39, 0.29) is 5.69 Å². The fourth-order valence-corrected chi connectivity index (χ4v) is 3.87. The molecule has 0 amide bonds. The molecule has 0 saturated carbocycles. The number of fused-ring (bicyclic) bond motifs is 1. The van der Waals surface area contributed by atoms with E-state index in [9.17, 15) is 17.6 Å². The SMILES string of the molecule is CNc1nc(NCCc2cc(N)cc(C(F)(F)F)c2)c2cc(N3CCC(F)CC3)ncc2n1. The molecule has 11 heteroatoms. The molecule has 0 unspecified atom stereocenters. The highest BCUT2D eigenvalue weighted by molar-refractivity contribution is 5.91. The molecule has 0 bridgehead atoms. The van der Waals surface area contributed by atoms with Crippen LogP contribution < -0.4 is 21.3 Å². The van der Waals surface area contributed by atoms with Crippen LogP contribution in [0.1, 0.15) is 24.0 Å². The molecule has 1 aromatic carbocycles. The van der Waals surface area contributed by atoms with Gasteiger partial charge in [-0.3, -0.25) is 0 Å². The highest BCUT2D eigenvalue weighted by Crippen LogP contribution is 2.32. The Morgan fingerprint density at radius 1 is 1.12 bits per heavy atom. The minimum absolute atomic E-state index is 0.0672. The number of halogens is 4. The summed E-state index contributed by atoms with van der Waals surface area (Å²) in [4.78, 5) is 15.4. The van der Waals surface area contributed by atoms with E-state index in [1.54, 1.807) is 13.2 Å². The highest BCUT2D eigenvalue weighted by Gasteiger charge is 2.31. The molecule has 4 N–H and O–H groups in total. The topological polar surface area (TPSA) is 92.0 Å². The summed E-state index contributed by atoms with van der Waals surface area (Å²) < 4.78 is 52.8. The molecule has 33 heavy (non-hydrogen) atoms. The molecule has 1 fully saturated rings. The van der Waals surface area contributed by atoms with Gasteiger partial charge in [0.15, 0.2) is 0 Å². The molecule has 1 saturated heterocycles. The van der Waals surface area contributed by atoms with E-state index in [0.717, 1.165) is 17.5 Å². The number of anilines is 4. The van der Waals surface area contributed by atoms with Crippen molar-refractivity contribution in [3.8, 4) is 0 Å². The molecule has 0 aliphatic carbocycles. The zero-order chi connectivity index (χ0) is 23.6. The fourth-order valence-electron chi connectivity index (χ4n) is 3.87. The third-order valence-electron chi connectivity index (χ3n) is 5.59. The van der Waals surface area contributed by atoms with Crippen molar-refractivity contribution >= 4 is 34.2 Å². The zero-order valence-electron chi connectivity index (χ0n) is 18.1. The minimum Gasteiger partial charge on any atom is -0.399 e. The van der Waals surface area contributed by atoms with Crippen LogP contribution in [0.15, 0.2) is 30.5 Å². The Kier molecular flexibility index (Phi) is 6.39. The van der Waals surface area contributed by atoms with Gasteiger partial charge in [0.2, 0.25) is 5.95 Å². The second kappa shape index (κ2) is 9.24. The molecule has 0 radical (unpaired) electrons. The summed E-state index contributed by atoms with van der Waals surface area (Å²) in [7, 11) is 1.69. The van der Waals surface area contributed by atoms with E-state index in [0.29, 0.717) is 67.6 Å². The number of aromatic nitrogens is 3. The number of alkyl halides is 4. The minimum atomic E-state index is -4.46. The molecule has 3 heterocycles. The molecular formula is C22H25F4N7. The summed E-state index contributed by atoms with van der Waals surface area (Å²) in [5.41, 5.74) is 6.05. The third-order valence-corrected chi connectivity index (χ3v) is 5.59. The van der Waals surface area contributed by atoms with E-state index >= 15 is 0 Å². The Labute approximate surface area is 188 Å². The Morgan fingerprint density at radius 3 is 2.58 bits per heavy atom. The third kappa shape index (κ3) is 5.35. The van der Waals surface area contributed by atoms with E-state index in [2.05, 4.69) is 25.6 Å². The van der Waals surface area contributed by atoms with Crippen LogP contribution in [0.2, 0.25) is 0 Å². The van der Waals surface area contributed by atoms with Gasteiger partial charge in [-0.15, -0.1) is 0 Å². The van der Waals surface area contributed by atoms with Crippen molar-refractivity contribution in [3.05, 3.63) is 41.6 Å². The monoisotopic (exact) mass is 463 g/mol.